The number of rotatable bonds is 9. The van der Waals surface area contributed by atoms with Gasteiger partial charge in [0.05, 0.1) is 26.5 Å². The zero-order valence-electron chi connectivity index (χ0n) is 14.9. The number of hydrogen-bond donors (Lipinski definition) is 1. The van der Waals surface area contributed by atoms with Gasteiger partial charge in [-0.05, 0) is 31.2 Å². The first-order chi connectivity index (χ1) is 12.6. The first kappa shape index (κ1) is 19.1. The molecule has 0 spiro atoms. The molecule has 7 heteroatoms. The Bertz CT molecular complexity index is 749. The third kappa shape index (κ3) is 4.66. The summed E-state index contributed by atoms with van der Waals surface area (Å²) in [6.45, 7) is 2.08. The Morgan fingerprint density at radius 2 is 1.69 bits per heavy atom. The van der Waals surface area contributed by atoms with Crippen LogP contribution in [0.2, 0.25) is 0 Å². The highest BCUT2D eigenvalue weighted by Crippen LogP contribution is 2.38. The third-order valence-corrected chi connectivity index (χ3v) is 3.43. The molecule has 0 unspecified atom stereocenters. The largest absolute Gasteiger partial charge is 0.493 e. The molecule has 0 atom stereocenters. The van der Waals surface area contributed by atoms with Crippen LogP contribution in [0.5, 0.6) is 23.0 Å². The Balaban J connectivity index is 2.11. The Labute approximate surface area is 151 Å². The summed E-state index contributed by atoms with van der Waals surface area (Å²) in [5.74, 6) is 1.05. The van der Waals surface area contributed by atoms with Crippen LogP contribution in [0.25, 0.3) is 0 Å². The second-order valence-electron chi connectivity index (χ2n) is 5.14. The smallest absolute Gasteiger partial charge is 0.262 e. The summed E-state index contributed by atoms with van der Waals surface area (Å²) in [4.78, 5) is 23.2. The lowest BCUT2D eigenvalue weighted by molar-refractivity contribution is -0.118. The van der Waals surface area contributed by atoms with Crippen molar-refractivity contribution in [1.29, 1.82) is 0 Å². The molecule has 0 saturated heterocycles. The van der Waals surface area contributed by atoms with Crippen LogP contribution in [0, 0.1) is 0 Å². The molecule has 0 aliphatic carbocycles. The lowest BCUT2D eigenvalue weighted by atomic mass is 10.2. The van der Waals surface area contributed by atoms with Gasteiger partial charge in [-0.15, -0.1) is 0 Å². The number of aldehydes is 1. The summed E-state index contributed by atoms with van der Waals surface area (Å²) in [6.07, 6.45) is 0.673. The van der Waals surface area contributed by atoms with E-state index in [0.29, 0.717) is 41.4 Å². The number of hydrogen-bond acceptors (Lipinski definition) is 6. The highest BCUT2D eigenvalue weighted by molar-refractivity contribution is 5.93. The monoisotopic (exact) mass is 359 g/mol. The number of para-hydroxylation sites is 2. The summed E-state index contributed by atoms with van der Waals surface area (Å²) >= 11 is 0. The summed E-state index contributed by atoms with van der Waals surface area (Å²) in [5, 5.41) is 2.74. The van der Waals surface area contributed by atoms with Crippen molar-refractivity contribution >= 4 is 17.9 Å². The van der Waals surface area contributed by atoms with E-state index in [-0.39, 0.29) is 18.3 Å². The van der Waals surface area contributed by atoms with Crippen molar-refractivity contribution < 1.29 is 28.5 Å². The molecule has 0 heterocycles. The topological polar surface area (TPSA) is 83.1 Å². The van der Waals surface area contributed by atoms with Crippen molar-refractivity contribution in [3.8, 4) is 23.0 Å². The van der Waals surface area contributed by atoms with Crippen molar-refractivity contribution in [3.05, 3.63) is 42.0 Å². The highest BCUT2D eigenvalue weighted by Gasteiger charge is 2.16. The SMILES string of the molecule is CCOc1ccccc1NC(=O)COc1c(OC)cc(C=O)cc1OC. The Morgan fingerprint density at radius 3 is 2.27 bits per heavy atom. The normalized spacial score (nSPS) is 9.96. The van der Waals surface area contributed by atoms with Crippen LogP contribution in [0.15, 0.2) is 36.4 Å². The van der Waals surface area contributed by atoms with E-state index < -0.39 is 0 Å². The second kappa shape index (κ2) is 9.31. The summed E-state index contributed by atoms with van der Waals surface area (Å²) < 4.78 is 21.5. The maximum Gasteiger partial charge on any atom is 0.262 e. The summed E-state index contributed by atoms with van der Waals surface area (Å²) in [7, 11) is 2.88. The Hall–Kier alpha value is -3.22. The minimum Gasteiger partial charge on any atom is -0.493 e. The fourth-order valence-electron chi connectivity index (χ4n) is 2.29. The van der Waals surface area contributed by atoms with Crippen LogP contribution >= 0.6 is 0 Å². The first-order valence-corrected chi connectivity index (χ1v) is 7.98. The third-order valence-electron chi connectivity index (χ3n) is 3.43. The van der Waals surface area contributed by atoms with Crippen molar-refractivity contribution in [2.75, 3.05) is 32.8 Å². The zero-order valence-corrected chi connectivity index (χ0v) is 14.9. The molecule has 1 N–H and O–H groups in total. The number of carbonyl (C=O) groups excluding carboxylic acids is 2. The van der Waals surface area contributed by atoms with Gasteiger partial charge in [0, 0.05) is 5.56 Å². The average Bonchev–Trinajstić information content (AvgIpc) is 2.67. The van der Waals surface area contributed by atoms with E-state index in [1.165, 1.54) is 26.4 Å². The fraction of sp³-hybridized carbons (Fsp3) is 0.263. The van der Waals surface area contributed by atoms with Crippen LogP contribution < -0.4 is 24.3 Å². The molecule has 0 aromatic heterocycles. The van der Waals surface area contributed by atoms with Gasteiger partial charge in [-0.2, -0.15) is 0 Å². The van der Waals surface area contributed by atoms with Crippen molar-refractivity contribution in [1.82, 2.24) is 0 Å². The van der Waals surface area contributed by atoms with Crippen molar-refractivity contribution in [2.24, 2.45) is 0 Å². The van der Waals surface area contributed by atoms with Crippen molar-refractivity contribution in [2.45, 2.75) is 6.92 Å². The molecule has 0 aliphatic rings. The lowest BCUT2D eigenvalue weighted by Gasteiger charge is -2.15. The minimum atomic E-state index is -0.374. The molecule has 2 rings (SSSR count). The zero-order chi connectivity index (χ0) is 18.9. The molecule has 0 saturated carbocycles. The van der Waals surface area contributed by atoms with E-state index in [4.69, 9.17) is 18.9 Å². The summed E-state index contributed by atoms with van der Waals surface area (Å²) in [6, 6.07) is 10.1. The molecular formula is C19H21NO6. The number of carbonyl (C=O) groups is 2. The van der Waals surface area contributed by atoms with Crippen LogP contribution in [0.4, 0.5) is 5.69 Å². The molecule has 26 heavy (non-hydrogen) atoms. The van der Waals surface area contributed by atoms with E-state index in [1.807, 2.05) is 13.0 Å². The Kier molecular flexibility index (Phi) is 6.84. The van der Waals surface area contributed by atoms with Crippen LogP contribution in [0.1, 0.15) is 17.3 Å². The minimum absolute atomic E-state index is 0.244. The maximum absolute atomic E-state index is 12.2. The van der Waals surface area contributed by atoms with E-state index in [0.717, 1.165) is 0 Å². The molecule has 2 aromatic carbocycles. The predicted molar refractivity (Wildman–Crippen MR) is 96.7 cm³/mol. The van der Waals surface area contributed by atoms with Gasteiger partial charge in [0.25, 0.3) is 5.91 Å². The van der Waals surface area contributed by atoms with Gasteiger partial charge in [0.1, 0.15) is 12.0 Å². The maximum atomic E-state index is 12.2. The predicted octanol–water partition coefficient (Wildman–Crippen LogP) is 2.93. The van der Waals surface area contributed by atoms with Crippen molar-refractivity contribution in [3.63, 3.8) is 0 Å². The van der Waals surface area contributed by atoms with Gasteiger partial charge in [-0.25, -0.2) is 0 Å². The molecule has 2 aromatic rings. The van der Waals surface area contributed by atoms with Gasteiger partial charge in [0.2, 0.25) is 5.75 Å². The average molecular weight is 359 g/mol. The number of nitrogens with one attached hydrogen (secondary N) is 1. The molecule has 0 bridgehead atoms. The number of ether oxygens (including phenoxy) is 4. The van der Waals surface area contributed by atoms with Gasteiger partial charge in [-0.3, -0.25) is 9.59 Å². The van der Waals surface area contributed by atoms with Gasteiger partial charge >= 0.3 is 0 Å². The first-order valence-electron chi connectivity index (χ1n) is 7.98. The standard InChI is InChI=1S/C19H21NO6/c1-4-25-15-8-6-5-7-14(15)20-18(22)12-26-19-16(23-2)9-13(11-21)10-17(19)24-3/h5-11H,4,12H2,1-3H3,(H,20,22). The quantitative estimate of drug-likeness (QED) is 0.693. The summed E-state index contributed by atoms with van der Waals surface area (Å²) in [5.41, 5.74) is 0.930. The van der Waals surface area contributed by atoms with Crippen LogP contribution in [-0.2, 0) is 4.79 Å². The number of methoxy groups -OCH3 is 2. The molecule has 7 nitrogen and oxygen atoms in total. The van der Waals surface area contributed by atoms with E-state index in [2.05, 4.69) is 5.32 Å². The van der Waals surface area contributed by atoms with E-state index in [1.54, 1.807) is 18.2 Å². The number of anilines is 1. The van der Waals surface area contributed by atoms with Gasteiger partial charge < -0.3 is 24.3 Å². The number of amides is 1. The van der Waals surface area contributed by atoms with Crippen LogP contribution in [-0.4, -0.2) is 39.6 Å². The highest BCUT2D eigenvalue weighted by atomic mass is 16.5. The molecule has 1 amide bonds. The van der Waals surface area contributed by atoms with Crippen LogP contribution in [0.3, 0.4) is 0 Å². The molecule has 0 radical (unpaired) electrons. The van der Waals surface area contributed by atoms with E-state index >= 15 is 0 Å². The molecule has 0 aliphatic heterocycles. The lowest BCUT2D eigenvalue weighted by Crippen LogP contribution is -2.21. The van der Waals surface area contributed by atoms with E-state index in [9.17, 15) is 9.59 Å². The second-order valence-corrected chi connectivity index (χ2v) is 5.14. The molecular weight excluding hydrogens is 338 g/mol. The molecule has 0 fully saturated rings. The molecule has 138 valence electrons. The fourth-order valence-corrected chi connectivity index (χ4v) is 2.29. The Morgan fingerprint density at radius 1 is 1.04 bits per heavy atom. The van der Waals surface area contributed by atoms with Gasteiger partial charge in [-0.1, -0.05) is 12.1 Å². The van der Waals surface area contributed by atoms with Gasteiger partial charge in [0.15, 0.2) is 18.1 Å². The number of benzene rings is 2.